The fraction of sp³-hybridized carbons (Fsp3) is 0.429. The molecule has 0 atom stereocenters. The van der Waals surface area contributed by atoms with Gasteiger partial charge in [0.15, 0.2) is 0 Å². The van der Waals surface area contributed by atoms with Gasteiger partial charge < -0.3 is 16.4 Å². The molecule has 104 valence electrons. The normalized spacial score (nSPS) is 11.1. The monoisotopic (exact) mass is 261 g/mol. The minimum Gasteiger partial charge on any atom is -0.369 e. The number of hydrogen-bond donors (Lipinski definition) is 2. The first-order chi connectivity index (χ1) is 9.11. The van der Waals surface area contributed by atoms with Crippen LogP contribution < -0.4 is 11.5 Å². The van der Waals surface area contributed by atoms with Crippen LogP contribution >= 0.6 is 0 Å². The zero-order chi connectivity index (χ0) is 14.1. The minimum absolute atomic E-state index is 0.0355. The molecule has 0 aliphatic rings. The Morgan fingerprint density at radius 1 is 1.37 bits per heavy atom. The van der Waals surface area contributed by atoms with Crippen LogP contribution in [0.5, 0.6) is 0 Å². The first-order valence-corrected chi connectivity index (χ1v) is 6.51. The molecule has 0 heterocycles. The Morgan fingerprint density at radius 2 is 2.16 bits per heavy atom. The minimum atomic E-state index is -0.0355. The van der Waals surface area contributed by atoms with Gasteiger partial charge in [0.25, 0.3) is 0 Å². The molecule has 19 heavy (non-hydrogen) atoms. The van der Waals surface area contributed by atoms with Gasteiger partial charge in [-0.1, -0.05) is 31.5 Å². The topological polar surface area (TPSA) is 80.0 Å². The van der Waals surface area contributed by atoms with Crippen molar-refractivity contribution < 1.29 is 0 Å². The smallest absolute Gasteiger partial charge is 0.211 e. The van der Waals surface area contributed by atoms with E-state index in [0.29, 0.717) is 0 Å². The number of unbranched alkanes of at least 4 members (excludes halogenated alkanes) is 1. The van der Waals surface area contributed by atoms with Gasteiger partial charge in [-0.25, -0.2) is 0 Å². The third-order valence-electron chi connectivity index (χ3n) is 2.68. The van der Waals surface area contributed by atoms with Crippen molar-refractivity contribution in [3.63, 3.8) is 0 Å². The molecule has 0 saturated carbocycles. The Morgan fingerprint density at radius 3 is 2.84 bits per heavy atom. The lowest BCUT2D eigenvalue weighted by atomic mass is 10.1. The van der Waals surface area contributed by atoms with Crippen LogP contribution in [-0.2, 0) is 6.54 Å². The zero-order valence-corrected chi connectivity index (χ0v) is 11.7. The highest BCUT2D eigenvalue weighted by molar-refractivity contribution is 5.81. The second-order valence-electron chi connectivity index (χ2n) is 4.61. The maximum atomic E-state index is 5.21. The molecule has 0 unspecified atom stereocenters. The Hall–Kier alpha value is -1.88. The molecule has 0 radical (unpaired) electrons. The van der Waals surface area contributed by atoms with E-state index in [4.69, 9.17) is 11.5 Å². The number of hydrogen-bond acceptors (Lipinski definition) is 3. The van der Waals surface area contributed by atoms with Crippen LogP contribution in [-0.4, -0.2) is 30.7 Å². The average molecular weight is 261 g/mol. The standard InChI is InChI=1S/C14H23N5/c1-3-4-8-19(2)11-13-7-5-6-12(9-13)10-17-18-14(15)16/h5-7,9-10H,3-4,8,11H2,1-2H3,(H4,15,16,18). The highest BCUT2D eigenvalue weighted by Crippen LogP contribution is 2.07. The Balaban J connectivity index is 2.61. The van der Waals surface area contributed by atoms with Crippen LogP contribution in [0.25, 0.3) is 0 Å². The number of guanidine groups is 1. The molecule has 0 aliphatic carbocycles. The first-order valence-electron chi connectivity index (χ1n) is 6.51. The van der Waals surface area contributed by atoms with Gasteiger partial charge in [-0.05, 0) is 37.2 Å². The second-order valence-corrected chi connectivity index (χ2v) is 4.61. The molecule has 0 saturated heterocycles. The summed E-state index contributed by atoms with van der Waals surface area (Å²) in [6, 6.07) is 8.19. The highest BCUT2D eigenvalue weighted by atomic mass is 15.3. The van der Waals surface area contributed by atoms with Crippen molar-refractivity contribution in [2.75, 3.05) is 13.6 Å². The molecule has 1 rings (SSSR count). The Bertz CT molecular complexity index is 435. The third kappa shape index (κ3) is 6.57. The first kappa shape index (κ1) is 15.2. The van der Waals surface area contributed by atoms with E-state index in [1.54, 1.807) is 6.21 Å². The molecule has 4 N–H and O–H groups in total. The van der Waals surface area contributed by atoms with E-state index in [1.165, 1.54) is 18.4 Å². The molecule has 0 fully saturated rings. The summed E-state index contributed by atoms with van der Waals surface area (Å²) < 4.78 is 0. The average Bonchev–Trinajstić information content (AvgIpc) is 2.36. The predicted octanol–water partition coefficient (Wildman–Crippen LogP) is 1.53. The van der Waals surface area contributed by atoms with Crippen LogP contribution in [0.15, 0.2) is 34.5 Å². The SMILES string of the molecule is CCCCN(C)Cc1cccc(C=NN=C(N)N)c1. The molecule has 0 bridgehead atoms. The molecule has 0 spiro atoms. The molecule has 1 aromatic carbocycles. The summed E-state index contributed by atoms with van der Waals surface area (Å²) in [5, 5.41) is 7.39. The van der Waals surface area contributed by atoms with Crippen LogP contribution in [0.4, 0.5) is 0 Å². The summed E-state index contributed by atoms with van der Waals surface area (Å²) in [5.41, 5.74) is 12.7. The van der Waals surface area contributed by atoms with Gasteiger partial charge in [-0.15, -0.1) is 5.10 Å². The van der Waals surface area contributed by atoms with Gasteiger partial charge in [-0.2, -0.15) is 5.10 Å². The van der Waals surface area contributed by atoms with E-state index in [-0.39, 0.29) is 5.96 Å². The zero-order valence-electron chi connectivity index (χ0n) is 11.7. The van der Waals surface area contributed by atoms with Crippen LogP contribution in [0.3, 0.4) is 0 Å². The number of nitrogens with two attached hydrogens (primary N) is 2. The van der Waals surface area contributed by atoms with Crippen molar-refractivity contribution in [3.8, 4) is 0 Å². The Labute approximate surface area is 115 Å². The van der Waals surface area contributed by atoms with Crippen LogP contribution in [0.2, 0.25) is 0 Å². The summed E-state index contributed by atoms with van der Waals surface area (Å²) in [4.78, 5) is 2.32. The summed E-state index contributed by atoms with van der Waals surface area (Å²) >= 11 is 0. The largest absolute Gasteiger partial charge is 0.369 e. The molecule has 0 aromatic heterocycles. The molecular weight excluding hydrogens is 238 g/mol. The number of rotatable bonds is 7. The fourth-order valence-corrected chi connectivity index (χ4v) is 1.75. The molecule has 5 heteroatoms. The molecule has 0 aliphatic heterocycles. The molecule has 0 amide bonds. The summed E-state index contributed by atoms with van der Waals surface area (Å²) in [5.74, 6) is -0.0355. The number of benzene rings is 1. The lowest BCUT2D eigenvalue weighted by Crippen LogP contribution is -2.21. The quantitative estimate of drug-likeness (QED) is 0.444. The van der Waals surface area contributed by atoms with Crippen molar-refractivity contribution in [1.29, 1.82) is 0 Å². The molecular formula is C14H23N5. The van der Waals surface area contributed by atoms with Crippen molar-refractivity contribution in [2.45, 2.75) is 26.3 Å². The van der Waals surface area contributed by atoms with Crippen molar-refractivity contribution >= 4 is 12.2 Å². The van der Waals surface area contributed by atoms with Crippen LogP contribution in [0, 0.1) is 0 Å². The van der Waals surface area contributed by atoms with Crippen molar-refractivity contribution in [2.24, 2.45) is 21.7 Å². The van der Waals surface area contributed by atoms with Gasteiger partial charge in [0.2, 0.25) is 5.96 Å². The molecule has 5 nitrogen and oxygen atoms in total. The maximum absolute atomic E-state index is 5.21. The highest BCUT2D eigenvalue weighted by Gasteiger charge is 2.00. The van der Waals surface area contributed by atoms with Crippen molar-refractivity contribution in [3.05, 3.63) is 35.4 Å². The summed E-state index contributed by atoms with van der Waals surface area (Å²) in [7, 11) is 2.13. The van der Waals surface area contributed by atoms with Gasteiger partial charge in [0.1, 0.15) is 0 Å². The predicted molar refractivity (Wildman–Crippen MR) is 81.1 cm³/mol. The summed E-state index contributed by atoms with van der Waals surface area (Å²) in [6.07, 6.45) is 4.09. The van der Waals surface area contributed by atoms with Crippen molar-refractivity contribution in [1.82, 2.24) is 4.90 Å². The number of nitrogens with zero attached hydrogens (tertiary/aromatic N) is 3. The van der Waals surface area contributed by atoms with Gasteiger partial charge in [0.05, 0.1) is 6.21 Å². The molecule has 1 aromatic rings. The van der Waals surface area contributed by atoms with E-state index >= 15 is 0 Å². The van der Waals surface area contributed by atoms with Gasteiger partial charge >= 0.3 is 0 Å². The summed E-state index contributed by atoms with van der Waals surface area (Å²) in [6.45, 7) is 4.25. The van der Waals surface area contributed by atoms with E-state index in [9.17, 15) is 0 Å². The van der Waals surface area contributed by atoms with Gasteiger partial charge in [0, 0.05) is 6.54 Å². The van der Waals surface area contributed by atoms with Gasteiger partial charge in [-0.3, -0.25) is 0 Å². The van der Waals surface area contributed by atoms with E-state index < -0.39 is 0 Å². The third-order valence-corrected chi connectivity index (χ3v) is 2.68. The lowest BCUT2D eigenvalue weighted by molar-refractivity contribution is 0.321. The fourth-order valence-electron chi connectivity index (χ4n) is 1.75. The van der Waals surface area contributed by atoms with E-state index in [1.807, 2.05) is 12.1 Å². The van der Waals surface area contributed by atoms with E-state index in [0.717, 1.165) is 18.7 Å². The lowest BCUT2D eigenvalue weighted by Gasteiger charge is -2.16. The maximum Gasteiger partial charge on any atom is 0.211 e. The second kappa shape index (κ2) is 8.26. The van der Waals surface area contributed by atoms with Crippen LogP contribution in [0.1, 0.15) is 30.9 Å². The van der Waals surface area contributed by atoms with E-state index in [2.05, 4.69) is 41.2 Å². The Kier molecular flexibility index (Phi) is 6.60.